The maximum atomic E-state index is 12.6. The number of carbonyl (C=O) groups excluding carboxylic acids is 2. The van der Waals surface area contributed by atoms with E-state index in [9.17, 15) is 9.59 Å². The van der Waals surface area contributed by atoms with E-state index in [0.717, 1.165) is 15.4 Å². The number of benzene rings is 2. The Labute approximate surface area is 174 Å². The first-order chi connectivity index (χ1) is 14.0. The number of anilines is 2. The highest BCUT2D eigenvalue weighted by atomic mass is 79.9. The number of hydrogen-bond donors (Lipinski definition) is 3. The predicted molar refractivity (Wildman–Crippen MR) is 114 cm³/mol. The fourth-order valence-corrected chi connectivity index (χ4v) is 3.50. The van der Waals surface area contributed by atoms with Gasteiger partial charge in [0, 0.05) is 22.3 Å². The molecule has 2 amide bonds. The van der Waals surface area contributed by atoms with Gasteiger partial charge >= 0.3 is 0 Å². The molecule has 3 N–H and O–H groups in total. The van der Waals surface area contributed by atoms with Gasteiger partial charge in [-0.3, -0.25) is 9.59 Å². The van der Waals surface area contributed by atoms with Crippen LogP contribution in [0.4, 0.5) is 11.4 Å². The van der Waals surface area contributed by atoms with E-state index in [4.69, 9.17) is 0 Å². The Balaban J connectivity index is 1.43. The normalized spacial score (nSPS) is 11.9. The van der Waals surface area contributed by atoms with Crippen LogP contribution in [-0.2, 0) is 4.79 Å². The molecule has 0 aliphatic heterocycles. The average molecular weight is 453 g/mol. The number of rotatable bonds is 5. The van der Waals surface area contributed by atoms with Crippen molar-refractivity contribution in [2.75, 3.05) is 10.6 Å². The van der Waals surface area contributed by atoms with Crippen molar-refractivity contribution in [1.29, 1.82) is 0 Å². The maximum absolute atomic E-state index is 12.6. The zero-order valence-corrected chi connectivity index (χ0v) is 17.0. The largest absolute Gasteiger partial charge is 0.350 e. The van der Waals surface area contributed by atoms with Crippen molar-refractivity contribution in [3.05, 3.63) is 71.4 Å². The average Bonchev–Trinajstić information content (AvgIpc) is 3.38. The molecule has 2 heterocycles. The Bertz CT molecular complexity index is 1170. The first-order valence-corrected chi connectivity index (χ1v) is 9.65. The molecule has 0 aliphatic carbocycles. The van der Waals surface area contributed by atoms with Crippen LogP contribution in [-0.4, -0.2) is 31.6 Å². The summed E-state index contributed by atoms with van der Waals surface area (Å²) in [6.07, 6.45) is 2.87. The van der Waals surface area contributed by atoms with Crippen LogP contribution in [0, 0.1) is 0 Å². The number of hydrogen-bond acceptors (Lipinski definition) is 4. The van der Waals surface area contributed by atoms with Crippen LogP contribution < -0.4 is 10.6 Å². The van der Waals surface area contributed by atoms with Gasteiger partial charge in [-0.15, -0.1) is 0 Å². The molecule has 4 rings (SSSR count). The third-order valence-corrected chi connectivity index (χ3v) is 5.32. The zero-order chi connectivity index (χ0) is 20.4. The van der Waals surface area contributed by atoms with Crippen LogP contribution in [0.5, 0.6) is 0 Å². The van der Waals surface area contributed by atoms with Crippen molar-refractivity contribution >= 4 is 50.0 Å². The molecule has 0 aliphatic rings. The summed E-state index contributed by atoms with van der Waals surface area (Å²) in [5, 5.41) is 10.6. The van der Waals surface area contributed by atoms with Gasteiger partial charge in [-0.05, 0) is 53.2 Å². The molecule has 8 nitrogen and oxygen atoms in total. The molecule has 0 unspecified atom stereocenters. The van der Waals surface area contributed by atoms with E-state index >= 15 is 0 Å². The summed E-state index contributed by atoms with van der Waals surface area (Å²) in [4.78, 5) is 31.9. The minimum absolute atomic E-state index is 0.214. The van der Waals surface area contributed by atoms with Gasteiger partial charge in [0.05, 0.1) is 4.47 Å². The molecule has 1 atom stereocenters. The van der Waals surface area contributed by atoms with Gasteiger partial charge in [-0.2, -0.15) is 5.10 Å². The number of nitrogens with zero attached hydrogens (tertiary/aromatic N) is 3. The van der Waals surface area contributed by atoms with Gasteiger partial charge in [0.15, 0.2) is 0 Å². The van der Waals surface area contributed by atoms with Crippen molar-refractivity contribution in [3.63, 3.8) is 0 Å². The highest BCUT2D eigenvalue weighted by molar-refractivity contribution is 9.10. The SMILES string of the molecule is C[C@H](C(=O)Nc1ccc(NC(=O)c2[nH]c3ccccc3c2Br)cc1)n1cncn1. The van der Waals surface area contributed by atoms with Crippen LogP contribution in [0.2, 0.25) is 0 Å². The summed E-state index contributed by atoms with van der Waals surface area (Å²) in [6, 6.07) is 14.1. The van der Waals surface area contributed by atoms with Gasteiger partial charge < -0.3 is 15.6 Å². The molecular weight excluding hydrogens is 436 g/mol. The van der Waals surface area contributed by atoms with Crippen LogP contribution in [0.1, 0.15) is 23.5 Å². The lowest BCUT2D eigenvalue weighted by molar-refractivity contribution is -0.119. The molecule has 0 bridgehead atoms. The molecule has 2 aromatic heterocycles. The third-order valence-electron chi connectivity index (χ3n) is 4.49. The van der Waals surface area contributed by atoms with Gasteiger partial charge in [-0.25, -0.2) is 9.67 Å². The summed E-state index contributed by atoms with van der Waals surface area (Å²) in [7, 11) is 0. The Hall–Kier alpha value is -3.46. The number of aromatic amines is 1. The molecule has 146 valence electrons. The molecular formula is C20H17BrN6O2. The monoisotopic (exact) mass is 452 g/mol. The number of aromatic nitrogens is 4. The van der Waals surface area contributed by atoms with Crippen LogP contribution in [0.15, 0.2) is 65.7 Å². The van der Waals surface area contributed by atoms with Crippen molar-refractivity contribution in [2.45, 2.75) is 13.0 Å². The molecule has 2 aromatic carbocycles. The number of carbonyl (C=O) groups is 2. The van der Waals surface area contributed by atoms with E-state index in [1.54, 1.807) is 31.2 Å². The molecule has 0 spiro atoms. The lowest BCUT2D eigenvalue weighted by Crippen LogP contribution is -2.24. The molecule has 4 aromatic rings. The van der Waals surface area contributed by atoms with E-state index in [2.05, 4.69) is 41.6 Å². The number of halogens is 1. The topological polar surface area (TPSA) is 105 Å². The van der Waals surface area contributed by atoms with Crippen molar-refractivity contribution in [2.24, 2.45) is 0 Å². The zero-order valence-electron chi connectivity index (χ0n) is 15.4. The number of nitrogens with one attached hydrogen (secondary N) is 3. The summed E-state index contributed by atoms with van der Waals surface area (Å²) in [5.74, 6) is -0.473. The highest BCUT2D eigenvalue weighted by Crippen LogP contribution is 2.28. The van der Waals surface area contributed by atoms with Crippen LogP contribution in [0.3, 0.4) is 0 Å². The second-order valence-corrected chi connectivity index (χ2v) is 7.22. The second-order valence-electron chi connectivity index (χ2n) is 6.43. The number of amides is 2. The number of para-hydroxylation sites is 1. The first kappa shape index (κ1) is 18.9. The Kier molecular flexibility index (Phi) is 5.13. The van der Waals surface area contributed by atoms with Gasteiger partial charge in [0.2, 0.25) is 5.91 Å². The summed E-state index contributed by atoms with van der Waals surface area (Å²) in [6.45, 7) is 1.73. The summed E-state index contributed by atoms with van der Waals surface area (Å²) >= 11 is 3.48. The predicted octanol–water partition coefficient (Wildman–Crippen LogP) is 3.97. The summed E-state index contributed by atoms with van der Waals surface area (Å²) in [5.41, 5.74) is 2.56. The van der Waals surface area contributed by atoms with Gasteiger partial charge in [0.25, 0.3) is 5.91 Å². The lowest BCUT2D eigenvalue weighted by Gasteiger charge is -2.12. The first-order valence-electron chi connectivity index (χ1n) is 8.85. The van der Waals surface area contributed by atoms with Crippen molar-refractivity contribution in [1.82, 2.24) is 19.7 Å². The highest BCUT2D eigenvalue weighted by Gasteiger charge is 2.17. The fourth-order valence-electron chi connectivity index (χ4n) is 2.88. The van der Waals surface area contributed by atoms with Crippen molar-refractivity contribution in [3.8, 4) is 0 Å². The van der Waals surface area contributed by atoms with E-state index in [0.29, 0.717) is 17.1 Å². The second kappa shape index (κ2) is 7.88. The van der Waals surface area contributed by atoms with E-state index in [1.165, 1.54) is 17.3 Å². The minimum Gasteiger partial charge on any atom is -0.350 e. The lowest BCUT2D eigenvalue weighted by atomic mass is 10.2. The third kappa shape index (κ3) is 3.90. The standard InChI is InChI=1S/C20H17BrN6O2/c1-12(27-11-22-10-23-27)19(28)24-13-6-8-14(9-7-13)25-20(29)18-17(21)15-4-2-3-5-16(15)26-18/h2-12,26H,1H3,(H,24,28)(H,25,29)/t12-/m1/s1. The molecule has 0 saturated carbocycles. The minimum atomic E-state index is -0.490. The maximum Gasteiger partial charge on any atom is 0.273 e. The quantitative estimate of drug-likeness (QED) is 0.425. The van der Waals surface area contributed by atoms with E-state index in [-0.39, 0.29) is 11.8 Å². The Morgan fingerprint density at radius 3 is 2.41 bits per heavy atom. The molecule has 0 fully saturated rings. The van der Waals surface area contributed by atoms with Gasteiger partial charge in [0.1, 0.15) is 24.4 Å². The van der Waals surface area contributed by atoms with Crippen LogP contribution >= 0.6 is 15.9 Å². The molecule has 9 heteroatoms. The van der Waals surface area contributed by atoms with E-state index in [1.807, 2.05) is 24.3 Å². The Morgan fingerprint density at radius 1 is 1.07 bits per heavy atom. The number of fused-ring (bicyclic) bond motifs is 1. The van der Waals surface area contributed by atoms with Crippen LogP contribution in [0.25, 0.3) is 10.9 Å². The fraction of sp³-hybridized carbons (Fsp3) is 0.100. The number of H-pyrrole nitrogens is 1. The molecule has 0 saturated heterocycles. The van der Waals surface area contributed by atoms with Crippen molar-refractivity contribution < 1.29 is 9.59 Å². The Morgan fingerprint density at radius 2 is 1.76 bits per heavy atom. The molecule has 0 radical (unpaired) electrons. The molecule has 29 heavy (non-hydrogen) atoms. The van der Waals surface area contributed by atoms with E-state index < -0.39 is 6.04 Å². The smallest absolute Gasteiger partial charge is 0.273 e. The van der Waals surface area contributed by atoms with Gasteiger partial charge in [-0.1, -0.05) is 18.2 Å². The summed E-state index contributed by atoms with van der Waals surface area (Å²) < 4.78 is 2.19.